The normalized spacial score (nSPS) is 15.3. The second-order valence-corrected chi connectivity index (χ2v) is 4.32. The quantitative estimate of drug-likeness (QED) is 0.936. The van der Waals surface area contributed by atoms with Crippen LogP contribution in [0.2, 0.25) is 0 Å². The number of aromatic nitrogens is 2. The van der Waals surface area contributed by atoms with Crippen LogP contribution in [-0.4, -0.2) is 16.1 Å². The molecule has 1 aromatic carbocycles. The van der Waals surface area contributed by atoms with Gasteiger partial charge in [0, 0.05) is 24.5 Å². The van der Waals surface area contributed by atoms with E-state index in [0.29, 0.717) is 12.2 Å². The van der Waals surface area contributed by atoms with Crippen LogP contribution in [-0.2, 0) is 13.1 Å². The third-order valence-electron chi connectivity index (χ3n) is 2.98. The third kappa shape index (κ3) is 2.38. The average molecular weight is 281 g/mol. The first-order valence-electron chi connectivity index (χ1n) is 6.22. The predicted molar refractivity (Wildman–Crippen MR) is 67.9 cm³/mol. The molecule has 0 saturated carbocycles. The van der Waals surface area contributed by atoms with E-state index >= 15 is 0 Å². The van der Waals surface area contributed by atoms with Gasteiger partial charge in [0.15, 0.2) is 11.5 Å². The maximum atomic E-state index is 12.9. The van der Waals surface area contributed by atoms with Crippen molar-refractivity contribution in [2.75, 3.05) is 5.32 Å². The molecule has 0 radical (unpaired) electrons. The summed E-state index contributed by atoms with van der Waals surface area (Å²) in [6, 6.07) is 6.51. The number of hydrogen-bond acceptors (Lipinski definition) is 4. The van der Waals surface area contributed by atoms with Crippen LogP contribution in [0, 0.1) is 0 Å². The summed E-state index contributed by atoms with van der Waals surface area (Å²) in [6.45, 7) is 3.32. The van der Waals surface area contributed by atoms with Crippen molar-refractivity contribution in [2.45, 2.75) is 26.3 Å². The predicted octanol–water partition coefficient (Wildman–Crippen LogP) is 2.84. The molecule has 106 valence electrons. The molecule has 1 aliphatic heterocycles. The monoisotopic (exact) mass is 281 g/mol. The molecule has 1 aliphatic rings. The van der Waals surface area contributed by atoms with Crippen molar-refractivity contribution >= 4 is 5.69 Å². The number of aryl methyl sites for hydroxylation is 1. The summed E-state index contributed by atoms with van der Waals surface area (Å²) in [5.41, 5.74) is 1.68. The van der Waals surface area contributed by atoms with Crippen LogP contribution in [0.25, 0.3) is 0 Å². The smallest absolute Gasteiger partial charge is 0.395 e. The summed E-state index contributed by atoms with van der Waals surface area (Å²) in [5, 5.41) is 7.29. The molecule has 20 heavy (non-hydrogen) atoms. The standard InChI is InChI=1S/C13H13F2N3O2/c1-2-18-10(5-6-17-18)8-16-9-3-4-11-12(7-9)20-13(14,15)19-11/h3-7,16H,2,8H2,1H3. The lowest BCUT2D eigenvalue weighted by atomic mass is 10.2. The van der Waals surface area contributed by atoms with Gasteiger partial charge in [0.25, 0.3) is 0 Å². The van der Waals surface area contributed by atoms with Crippen LogP contribution < -0.4 is 14.8 Å². The number of benzene rings is 1. The van der Waals surface area contributed by atoms with E-state index in [4.69, 9.17) is 0 Å². The second kappa shape index (κ2) is 4.66. The highest BCUT2D eigenvalue weighted by molar-refractivity contribution is 5.56. The fraction of sp³-hybridized carbons (Fsp3) is 0.308. The number of fused-ring (bicyclic) bond motifs is 1. The number of hydrogen-bond donors (Lipinski definition) is 1. The number of rotatable bonds is 4. The topological polar surface area (TPSA) is 48.3 Å². The molecule has 0 fully saturated rings. The molecule has 5 nitrogen and oxygen atoms in total. The fourth-order valence-electron chi connectivity index (χ4n) is 2.05. The highest BCUT2D eigenvalue weighted by Crippen LogP contribution is 2.42. The van der Waals surface area contributed by atoms with Gasteiger partial charge in [-0.05, 0) is 25.1 Å². The molecule has 7 heteroatoms. The highest BCUT2D eigenvalue weighted by atomic mass is 19.3. The number of nitrogens with one attached hydrogen (secondary N) is 1. The van der Waals surface area contributed by atoms with Crippen LogP contribution in [0.15, 0.2) is 30.5 Å². The molecular formula is C13H13F2N3O2. The van der Waals surface area contributed by atoms with Crippen molar-refractivity contribution in [3.8, 4) is 11.5 Å². The van der Waals surface area contributed by atoms with Crippen molar-refractivity contribution in [1.29, 1.82) is 0 Å². The summed E-state index contributed by atoms with van der Waals surface area (Å²) in [4.78, 5) is 0. The molecule has 2 aromatic rings. The largest absolute Gasteiger partial charge is 0.586 e. The number of halogens is 2. The molecule has 0 saturated heterocycles. The van der Waals surface area contributed by atoms with Crippen LogP contribution in [0.5, 0.6) is 11.5 Å². The van der Waals surface area contributed by atoms with Gasteiger partial charge in [-0.25, -0.2) is 0 Å². The molecule has 3 rings (SSSR count). The first-order valence-corrected chi connectivity index (χ1v) is 6.22. The minimum absolute atomic E-state index is 0.0315. The third-order valence-corrected chi connectivity index (χ3v) is 2.98. The van der Waals surface area contributed by atoms with Gasteiger partial charge in [-0.15, -0.1) is 8.78 Å². The van der Waals surface area contributed by atoms with Crippen molar-refractivity contribution in [1.82, 2.24) is 9.78 Å². The van der Waals surface area contributed by atoms with E-state index in [1.165, 1.54) is 12.1 Å². The van der Waals surface area contributed by atoms with Crippen LogP contribution in [0.3, 0.4) is 0 Å². The summed E-state index contributed by atoms with van der Waals surface area (Å²) < 4.78 is 36.4. The fourth-order valence-corrected chi connectivity index (χ4v) is 2.05. The maximum absolute atomic E-state index is 12.9. The van der Waals surface area contributed by atoms with E-state index in [2.05, 4.69) is 19.9 Å². The Kier molecular flexibility index (Phi) is 2.96. The van der Waals surface area contributed by atoms with Crippen molar-refractivity contribution in [3.63, 3.8) is 0 Å². The van der Waals surface area contributed by atoms with Gasteiger partial charge in [-0.3, -0.25) is 4.68 Å². The minimum atomic E-state index is -3.58. The van der Waals surface area contributed by atoms with E-state index in [1.54, 1.807) is 12.3 Å². The number of anilines is 1. The molecule has 0 unspecified atom stereocenters. The minimum Gasteiger partial charge on any atom is -0.395 e. The Labute approximate surface area is 114 Å². The zero-order valence-corrected chi connectivity index (χ0v) is 10.8. The molecule has 0 bridgehead atoms. The summed E-state index contributed by atoms with van der Waals surface area (Å²) in [7, 11) is 0. The molecule has 0 atom stereocenters. The molecule has 0 aliphatic carbocycles. The van der Waals surface area contributed by atoms with E-state index in [9.17, 15) is 8.78 Å². The van der Waals surface area contributed by atoms with E-state index < -0.39 is 6.29 Å². The van der Waals surface area contributed by atoms with Gasteiger partial charge in [-0.2, -0.15) is 5.10 Å². The van der Waals surface area contributed by atoms with Gasteiger partial charge in [0.1, 0.15) is 0 Å². The molecule has 1 N–H and O–H groups in total. The first kappa shape index (κ1) is 12.7. The lowest BCUT2D eigenvalue weighted by molar-refractivity contribution is -0.286. The molecular weight excluding hydrogens is 268 g/mol. The summed E-state index contributed by atoms with van der Waals surface area (Å²) in [5.74, 6) is 0.0724. The molecule has 2 heterocycles. The number of nitrogens with zero attached hydrogens (tertiary/aromatic N) is 2. The Hall–Kier alpha value is -2.31. The van der Waals surface area contributed by atoms with E-state index in [1.807, 2.05) is 17.7 Å². The maximum Gasteiger partial charge on any atom is 0.586 e. The Morgan fingerprint density at radius 2 is 2.05 bits per heavy atom. The van der Waals surface area contributed by atoms with Gasteiger partial charge < -0.3 is 14.8 Å². The lowest BCUT2D eigenvalue weighted by Crippen LogP contribution is -2.25. The first-order chi connectivity index (χ1) is 9.57. The zero-order chi connectivity index (χ0) is 14.2. The lowest BCUT2D eigenvalue weighted by Gasteiger charge is -2.08. The van der Waals surface area contributed by atoms with E-state index in [0.717, 1.165) is 12.2 Å². The Morgan fingerprint density at radius 3 is 2.85 bits per heavy atom. The van der Waals surface area contributed by atoms with Gasteiger partial charge in [0.05, 0.1) is 12.2 Å². The Morgan fingerprint density at radius 1 is 1.25 bits per heavy atom. The van der Waals surface area contributed by atoms with Crippen LogP contribution in [0.1, 0.15) is 12.6 Å². The summed E-state index contributed by atoms with van der Waals surface area (Å²) >= 11 is 0. The Balaban J connectivity index is 1.71. The zero-order valence-electron chi connectivity index (χ0n) is 10.8. The van der Waals surface area contributed by atoms with Gasteiger partial charge in [0.2, 0.25) is 0 Å². The number of alkyl halides is 2. The van der Waals surface area contributed by atoms with Crippen molar-refractivity contribution in [2.24, 2.45) is 0 Å². The SMILES string of the molecule is CCn1nccc1CNc1ccc2c(c1)OC(F)(F)O2. The second-order valence-electron chi connectivity index (χ2n) is 4.32. The van der Waals surface area contributed by atoms with Crippen molar-refractivity contribution in [3.05, 3.63) is 36.2 Å². The van der Waals surface area contributed by atoms with E-state index in [-0.39, 0.29) is 11.5 Å². The van der Waals surface area contributed by atoms with Crippen molar-refractivity contribution < 1.29 is 18.3 Å². The molecule has 0 amide bonds. The summed E-state index contributed by atoms with van der Waals surface area (Å²) in [6.07, 6.45) is -1.86. The van der Waals surface area contributed by atoms with Gasteiger partial charge >= 0.3 is 6.29 Å². The van der Waals surface area contributed by atoms with Crippen LogP contribution >= 0.6 is 0 Å². The average Bonchev–Trinajstić information content (AvgIpc) is 2.97. The number of ether oxygens (including phenoxy) is 2. The molecule has 1 aromatic heterocycles. The molecule has 0 spiro atoms. The Bertz CT molecular complexity index is 628. The highest BCUT2D eigenvalue weighted by Gasteiger charge is 2.43. The van der Waals surface area contributed by atoms with Gasteiger partial charge in [-0.1, -0.05) is 0 Å². The van der Waals surface area contributed by atoms with Crippen LogP contribution in [0.4, 0.5) is 14.5 Å².